The topological polar surface area (TPSA) is 77.8 Å². The van der Waals surface area contributed by atoms with Crippen molar-refractivity contribution in [2.75, 3.05) is 0 Å². The van der Waals surface area contributed by atoms with E-state index in [0.29, 0.717) is 18.4 Å². The zero-order valence-electron chi connectivity index (χ0n) is 8.82. The molecule has 0 aliphatic carbocycles. The number of carbonyl (C=O) groups is 1. The standard InChI is InChI=1S/C10H18O4/c1-7(6-9(12)13)4-5-8(11)10(2,3)14/h6,8,11,14H,4-5H2,1-3H3,(H,12,13)/t8-/m0/s1. The lowest BCUT2D eigenvalue weighted by Crippen LogP contribution is -2.35. The second-order valence-electron chi connectivity index (χ2n) is 4.04. The molecule has 0 heterocycles. The number of rotatable bonds is 5. The number of aliphatic carboxylic acids is 1. The molecule has 4 nitrogen and oxygen atoms in total. The van der Waals surface area contributed by atoms with Gasteiger partial charge in [0.25, 0.3) is 0 Å². The quantitative estimate of drug-likeness (QED) is 0.579. The number of aliphatic hydroxyl groups excluding tert-OH is 1. The minimum atomic E-state index is -1.14. The Labute approximate surface area is 83.9 Å². The highest BCUT2D eigenvalue weighted by Gasteiger charge is 2.23. The summed E-state index contributed by atoms with van der Waals surface area (Å²) >= 11 is 0. The van der Waals surface area contributed by atoms with Gasteiger partial charge in [-0.3, -0.25) is 0 Å². The van der Waals surface area contributed by atoms with Crippen molar-refractivity contribution in [3.05, 3.63) is 11.6 Å². The highest BCUT2D eigenvalue weighted by Crippen LogP contribution is 2.16. The minimum absolute atomic E-state index is 0.360. The Kier molecular flexibility index (Phi) is 4.80. The summed E-state index contributed by atoms with van der Waals surface area (Å²) < 4.78 is 0. The predicted molar refractivity (Wildman–Crippen MR) is 52.9 cm³/mol. The minimum Gasteiger partial charge on any atom is -0.478 e. The summed E-state index contributed by atoms with van der Waals surface area (Å²) in [5.74, 6) is -0.986. The molecule has 0 fully saturated rings. The Morgan fingerprint density at radius 2 is 2.00 bits per heavy atom. The molecule has 0 bridgehead atoms. The van der Waals surface area contributed by atoms with Crippen LogP contribution in [0, 0.1) is 0 Å². The van der Waals surface area contributed by atoms with Crippen molar-refractivity contribution in [3.63, 3.8) is 0 Å². The van der Waals surface area contributed by atoms with Crippen molar-refractivity contribution in [3.8, 4) is 0 Å². The first-order valence-electron chi connectivity index (χ1n) is 4.54. The van der Waals surface area contributed by atoms with Gasteiger partial charge in [-0.2, -0.15) is 0 Å². The van der Waals surface area contributed by atoms with E-state index < -0.39 is 17.7 Å². The SMILES string of the molecule is CC(=CC(=O)O)CC[C@H](O)C(C)(C)O. The van der Waals surface area contributed by atoms with Crippen molar-refractivity contribution < 1.29 is 20.1 Å². The molecule has 0 aliphatic rings. The Morgan fingerprint density at radius 3 is 2.36 bits per heavy atom. The van der Waals surface area contributed by atoms with Crippen molar-refractivity contribution in [2.24, 2.45) is 0 Å². The van der Waals surface area contributed by atoms with E-state index in [1.807, 2.05) is 0 Å². The summed E-state index contributed by atoms with van der Waals surface area (Å²) in [5.41, 5.74) is -0.454. The van der Waals surface area contributed by atoms with Crippen LogP contribution in [-0.4, -0.2) is 33.0 Å². The first-order valence-corrected chi connectivity index (χ1v) is 4.54. The summed E-state index contributed by atoms with van der Waals surface area (Å²) in [7, 11) is 0. The van der Waals surface area contributed by atoms with Crippen LogP contribution in [0.2, 0.25) is 0 Å². The summed E-state index contributed by atoms with van der Waals surface area (Å²) in [6.07, 6.45) is 1.10. The van der Waals surface area contributed by atoms with Gasteiger partial charge >= 0.3 is 5.97 Å². The monoisotopic (exact) mass is 202 g/mol. The number of hydrogen-bond acceptors (Lipinski definition) is 3. The third-order valence-electron chi connectivity index (χ3n) is 2.00. The molecule has 0 aromatic heterocycles. The van der Waals surface area contributed by atoms with Gasteiger partial charge < -0.3 is 15.3 Å². The van der Waals surface area contributed by atoms with Gasteiger partial charge in [-0.15, -0.1) is 0 Å². The molecule has 0 aliphatic heterocycles. The number of aliphatic hydroxyl groups is 2. The Bertz CT molecular complexity index is 225. The van der Waals surface area contributed by atoms with Crippen molar-refractivity contribution >= 4 is 5.97 Å². The van der Waals surface area contributed by atoms with Crippen LogP contribution in [0.1, 0.15) is 33.6 Å². The zero-order valence-corrected chi connectivity index (χ0v) is 8.82. The lowest BCUT2D eigenvalue weighted by atomic mass is 9.96. The third kappa shape index (κ3) is 5.72. The van der Waals surface area contributed by atoms with Gasteiger partial charge in [-0.25, -0.2) is 4.79 Å². The molecule has 82 valence electrons. The molecule has 3 N–H and O–H groups in total. The molecule has 0 spiro atoms. The normalized spacial score (nSPS) is 15.4. The molecule has 0 aromatic rings. The zero-order chi connectivity index (χ0) is 11.4. The predicted octanol–water partition coefficient (Wildman–Crippen LogP) is 0.929. The average Bonchev–Trinajstić information content (AvgIpc) is 1.96. The first-order chi connectivity index (χ1) is 6.23. The summed E-state index contributed by atoms with van der Waals surface area (Å²) in [4.78, 5) is 10.3. The fourth-order valence-corrected chi connectivity index (χ4v) is 1.00. The van der Waals surface area contributed by atoms with Gasteiger partial charge in [0.15, 0.2) is 0 Å². The molecular formula is C10H18O4. The van der Waals surface area contributed by atoms with Gasteiger partial charge in [-0.1, -0.05) is 5.57 Å². The van der Waals surface area contributed by atoms with E-state index >= 15 is 0 Å². The van der Waals surface area contributed by atoms with E-state index in [0.717, 1.165) is 6.08 Å². The van der Waals surface area contributed by atoms with E-state index in [1.54, 1.807) is 6.92 Å². The Balaban J connectivity index is 4.01. The van der Waals surface area contributed by atoms with E-state index in [-0.39, 0.29) is 0 Å². The first kappa shape index (κ1) is 13.1. The second kappa shape index (κ2) is 5.12. The number of carboxylic acids is 1. The smallest absolute Gasteiger partial charge is 0.328 e. The third-order valence-corrected chi connectivity index (χ3v) is 2.00. The highest BCUT2D eigenvalue weighted by molar-refractivity contribution is 5.80. The van der Waals surface area contributed by atoms with Gasteiger partial charge in [0.05, 0.1) is 11.7 Å². The molecule has 14 heavy (non-hydrogen) atoms. The number of hydrogen-bond donors (Lipinski definition) is 3. The van der Waals surface area contributed by atoms with Crippen LogP contribution in [0.5, 0.6) is 0 Å². The molecule has 1 atom stereocenters. The van der Waals surface area contributed by atoms with Crippen LogP contribution in [0.3, 0.4) is 0 Å². The lowest BCUT2D eigenvalue weighted by molar-refractivity contribution is -0.131. The van der Waals surface area contributed by atoms with Crippen LogP contribution < -0.4 is 0 Å². The van der Waals surface area contributed by atoms with E-state index in [1.165, 1.54) is 13.8 Å². The number of carboxylic acid groups (broad SMARTS) is 1. The Hall–Kier alpha value is -0.870. The summed E-state index contributed by atoms with van der Waals surface area (Å²) in [6.45, 7) is 4.73. The molecule has 0 rings (SSSR count). The second-order valence-corrected chi connectivity index (χ2v) is 4.04. The fourth-order valence-electron chi connectivity index (χ4n) is 1.00. The van der Waals surface area contributed by atoms with E-state index in [9.17, 15) is 15.0 Å². The average molecular weight is 202 g/mol. The number of allylic oxidation sites excluding steroid dienone is 1. The van der Waals surface area contributed by atoms with Gasteiger partial charge in [0, 0.05) is 6.08 Å². The van der Waals surface area contributed by atoms with Crippen LogP contribution >= 0.6 is 0 Å². The molecule has 0 unspecified atom stereocenters. The van der Waals surface area contributed by atoms with Crippen molar-refractivity contribution in [2.45, 2.75) is 45.3 Å². The van der Waals surface area contributed by atoms with Gasteiger partial charge in [0.1, 0.15) is 0 Å². The molecule has 4 heteroatoms. The molecule has 0 saturated heterocycles. The fraction of sp³-hybridized carbons (Fsp3) is 0.700. The maximum Gasteiger partial charge on any atom is 0.328 e. The van der Waals surface area contributed by atoms with E-state index in [2.05, 4.69) is 0 Å². The largest absolute Gasteiger partial charge is 0.478 e. The molecule has 0 radical (unpaired) electrons. The maximum atomic E-state index is 10.3. The van der Waals surface area contributed by atoms with Gasteiger partial charge in [0.2, 0.25) is 0 Å². The Morgan fingerprint density at radius 1 is 1.50 bits per heavy atom. The van der Waals surface area contributed by atoms with E-state index in [4.69, 9.17) is 5.11 Å². The summed E-state index contributed by atoms with van der Waals surface area (Å²) in [5, 5.41) is 27.3. The summed E-state index contributed by atoms with van der Waals surface area (Å²) in [6, 6.07) is 0. The van der Waals surface area contributed by atoms with Crippen LogP contribution in [0.15, 0.2) is 11.6 Å². The van der Waals surface area contributed by atoms with Crippen LogP contribution in [0.4, 0.5) is 0 Å². The van der Waals surface area contributed by atoms with Gasteiger partial charge in [-0.05, 0) is 33.6 Å². The molecule has 0 aromatic carbocycles. The molecular weight excluding hydrogens is 184 g/mol. The molecule has 0 amide bonds. The molecule has 0 saturated carbocycles. The van der Waals surface area contributed by atoms with Crippen LogP contribution in [0.25, 0.3) is 0 Å². The van der Waals surface area contributed by atoms with Crippen molar-refractivity contribution in [1.82, 2.24) is 0 Å². The van der Waals surface area contributed by atoms with Crippen molar-refractivity contribution in [1.29, 1.82) is 0 Å². The lowest BCUT2D eigenvalue weighted by Gasteiger charge is -2.24. The highest BCUT2D eigenvalue weighted by atomic mass is 16.4. The maximum absolute atomic E-state index is 10.3. The van der Waals surface area contributed by atoms with Crippen LogP contribution in [-0.2, 0) is 4.79 Å².